The van der Waals surface area contributed by atoms with E-state index in [2.05, 4.69) is 10.3 Å². The Morgan fingerprint density at radius 3 is 2.68 bits per heavy atom. The first kappa shape index (κ1) is 15.5. The minimum Gasteiger partial charge on any atom is -0.481 e. The van der Waals surface area contributed by atoms with Crippen molar-refractivity contribution in [2.24, 2.45) is 5.92 Å². The van der Waals surface area contributed by atoms with Gasteiger partial charge in [-0.05, 0) is 18.6 Å². The summed E-state index contributed by atoms with van der Waals surface area (Å²) in [6.07, 6.45) is 4.70. The molecule has 0 aliphatic heterocycles. The molecular weight excluding hydrogens is 264 g/mol. The molecule has 6 heteroatoms. The van der Waals surface area contributed by atoms with Gasteiger partial charge in [0.1, 0.15) is 0 Å². The predicted molar refractivity (Wildman–Crippen MR) is 74.0 cm³/mol. The van der Waals surface area contributed by atoms with Crippen LogP contribution in [0.3, 0.4) is 0 Å². The molecule has 0 radical (unpaired) electrons. The number of carboxylic acids is 1. The maximum atomic E-state index is 11.6. The summed E-state index contributed by atoms with van der Waals surface area (Å²) in [5, 5.41) is 11.6. The molecule has 1 aromatic rings. The zero-order chi connectivity index (χ0) is 14.1. The monoisotopic (exact) mass is 282 g/mol. The van der Waals surface area contributed by atoms with Crippen molar-refractivity contribution in [2.75, 3.05) is 12.3 Å². The lowest BCUT2D eigenvalue weighted by Crippen LogP contribution is -2.33. The van der Waals surface area contributed by atoms with Crippen molar-refractivity contribution < 1.29 is 14.7 Å². The van der Waals surface area contributed by atoms with Crippen LogP contribution >= 0.6 is 11.8 Å². The number of hydrogen-bond acceptors (Lipinski definition) is 4. The molecule has 0 saturated carbocycles. The van der Waals surface area contributed by atoms with E-state index in [0.717, 1.165) is 11.3 Å². The molecule has 0 aliphatic carbocycles. The van der Waals surface area contributed by atoms with Crippen LogP contribution in [0, 0.1) is 5.92 Å². The molecule has 0 aliphatic rings. The Morgan fingerprint density at radius 1 is 1.42 bits per heavy atom. The van der Waals surface area contributed by atoms with E-state index >= 15 is 0 Å². The topological polar surface area (TPSA) is 79.3 Å². The van der Waals surface area contributed by atoms with E-state index in [1.165, 1.54) is 11.8 Å². The minimum atomic E-state index is -0.857. The van der Waals surface area contributed by atoms with Crippen molar-refractivity contribution in [3.05, 3.63) is 24.5 Å². The van der Waals surface area contributed by atoms with Gasteiger partial charge in [-0.25, -0.2) is 0 Å². The highest BCUT2D eigenvalue weighted by Gasteiger charge is 2.17. The molecule has 0 fully saturated rings. The van der Waals surface area contributed by atoms with E-state index in [9.17, 15) is 9.59 Å². The number of hydrogen-bond donors (Lipinski definition) is 2. The van der Waals surface area contributed by atoms with Gasteiger partial charge in [0.25, 0.3) is 0 Å². The van der Waals surface area contributed by atoms with Crippen LogP contribution < -0.4 is 5.32 Å². The van der Waals surface area contributed by atoms with Gasteiger partial charge < -0.3 is 10.4 Å². The maximum absolute atomic E-state index is 11.6. The third kappa shape index (κ3) is 6.24. The van der Waals surface area contributed by atoms with Crippen LogP contribution in [0.1, 0.15) is 19.8 Å². The molecule has 0 bridgehead atoms. The standard InChI is InChI=1S/C13H18N2O3S/c1-2-3-10(13(17)18)8-15-12(16)9-19-11-4-6-14-7-5-11/h4-7,10H,2-3,8-9H2,1H3,(H,15,16)(H,17,18). The summed E-state index contributed by atoms with van der Waals surface area (Å²) < 4.78 is 0. The molecule has 104 valence electrons. The zero-order valence-corrected chi connectivity index (χ0v) is 11.7. The van der Waals surface area contributed by atoms with Gasteiger partial charge >= 0.3 is 5.97 Å². The second-order valence-corrected chi connectivity index (χ2v) is 5.15. The number of nitrogens with one attached hydrogen (secondary N) is 1. The third-order valence-corrected chi connectivity index (χ3v) is 3.56. The van der Waals surface area contributed by atoms with Gasteiger partial charge in [0.2, 0.25) is 5.91 Å². The summed E-state index contributed by atoms with van der Waals surface area (Å²) in [5.41, 5.74) is 0. The first-order chi connectivity index (χ1) is 9.13. The normalized spacial score (nSPS) is 11.8. The van der Waals surface area contributed by atoms with Crippen molar-refractivity contribution in [2.45, 2.75) is 24.7 Å². The number of carboxylic acid groups (broad SMARTS) is 1. The fraction of sp³-hybridized carbons (Fsp3) is 0.462. The van der Waals surface area contributed by atoms with Gasteiger partial charge in [-0.2, -0.15) is 0 Å². The molecule has 5 nitrogen and oxygen atoms in total. The largest absolute Gasteiger partial charge is 0.481 e. The van der Waals surface area contributed by atoms with Crippen molar-refractivity contribution >= 4 is 23.6 Å². The zero-order valence-electron chi connectivity index (χ0n) is 10.8. The molecule has 1 amide bonds. The van der Waals surface area contributed by atoms with Crippen LogP contribution in [0.15, 0.2) is 29.4 Å². The number of rotatable bonds is 8. The van der Waals surface area contributed by atoms with E-state index < -0.39 is 11.9 Å². The predicted octanol–water partition coefficient (Wildman–Crippen LogP) is 1.79. The quantitative estimate of drug-likeness (QED) is 0.711. The van der Waals surface area contributed by atoms with Crippen molar-refractivity contribution in [1.29, 1.82) is 0 Å². The molecule has 1 rings (SSSR count). The lowest BCUT2D eigenvalue weighted by molar-refractivity contribution is -0.141. The van der Waals surface area contributed by atoms with Gasteiger partial charge in [0.15, 0.2) is 0 Å². The molecule has 0 aromatic carbocycles. The number of carbonyl (C=O) groups is 2. The van der Waals surface area contributed by atoms with Crippen molar-refractivity contribution in [1.82, 2.24) is 10.3 Å². The summed E-state index contributed by atoms with van der Waals surface area (Å²) in [7, 11) is 0. The highest BCUT2D eigenvalue weighted by Crippen LogP contribution is 2.15. The molecule has 0 spiro atoms. The number of nitrogens with zero attached hydrogens (tertiary/aromatic N) is 1. The molecule has 1 heterocycles. The first-order valence-electron chi connectivity index (χ1n) is 6.15. The van der Waals surface area contributed by atoms with E-state index in [1.54, 1.807) is 12.4 Å². The fourth-order valence-corrected chi connectivity index (χ4v) is 2.25. The molecule has 0 saturated heterocycles. The van der Waals surface area contributed by atoms with E-state index in [4.69, 9.17) is 5.11 Å². The SMILES string of the molecule is CCCC(CNC(=O)CSc1ccncc1)C(=O)O. The molecule has 2 N–H and O–H groups in total. The number of thioether (sulfide) groups is 1. The Bertz CT molecular complexity index is 412. The van der Waals surface area contributed by atoms with Crippen LogP contribution in [0.25, 0.3) is 0 Å². The van der Waals surface area contributed by atoms with Gasteiger partial charge in [-0.3, -0.25) is 14.6 Å². The number of amides is 1. The summed E-state index contributed by atoms with van der Waals surface area (Å²) >= 11 is 1.40. The van der Waals surface area contributed by atoms with Crippen molar-refractivity contribution in [3.63, 3.8) is 0 Å². The van der Waals surface area contributed by atoms with E-state index in [0.29, 0.717) is 6.42 Å². The Balaban J connectivity index is 2.29. The Hall–Kier alpha value is -1.56. The van der Waals surface area contributed by atoms with Crippen LogP contribution in [0.2, 0.25) is 0 Å². The molecule has 19 heavy (non-hydrogen) atoms. The summed E-state index contributed by atoms with van der Waals surface area (Å²) in [6.45, 7) is 2.12. The third-order valence-electron chi connectivity index (χ3n) is 2.55. The smallest absolute Gasteiger partial charge is 0.308 e. The molecule has 1 aromatic heterocycles. The van der Waals surface area contributed by atoms with E-state index in [1.807, 2.05) is 19.1 Å². The summed E-state index contributed by atoms with van der Waals surface area (Å²) in [6, 6.07) is 3.66. The Labute approximate surface area is 116 Å². The minimum absolute atomic E-state index is 0.149. The lowest BCUT2D eigenvalue weighted by atomic mass is 10.0. The molecular formula is C13H18N2O3S. The van der Waals surface area contributed by atoms with Crippen LogP contribution in [0.5, 0.6) is 0 Å². The number of pyridine rings is 1. The van der Waals surface area contributed by atoms with Crippen LogP contribution in [-0.4, -0.2) is 34.3 Å². The Kier molecular flexibility index (Phi) is 6.95. The lowest BCUT2D eigenvalue weighted by Gasteiger charge is -2.12. The van der Waals surface area contributed by atoms with Crippen LogP contribution in [-0.2, 0) is 9.59 Å². The number of aliphatic carboxylic acids is 1. The van der Waals surface area contributed by atoms with Crippen LogP contribution in [0.4, 0.5) is 0 Å². The summed E-state index contributed by atoms with van der Waals surface area (Å²) in [5.74, 6) is -1.23. The van der Waals surface area contributed by atoms with E-state index in [-0.39, 0.29) is 18.2 Å². The number of aromatic nitrogens is 1. The van der Waals surface area contributed by atoms with Gasteiger partial charge in [-0.15, -0.1) is 11.8 Å². The molecule has 1 atom stereocenters. The number of carbonyl (C=O) groups excluding carboxylic acids is 1. The van der Waals surface area contributed by atoms with Crippen molar-refractivity contribution in [3.8, 4) is 0 Å². The Morgan fingerprint density at radius 2 is 2.11 bits per heavy atom. The van der Waals surface area contributed by atoms with Gasteiger partial charge in [0, 0.05) is 23.8 Å². The van der Waals surface area contributed by atoms with Gasteiger partial charge in [0.05, 0.1) is 11.7 Å². The second kappa shape index (κ2) is 8.53. The van der Waals surface area contributed by atoms with Gasteiger partial charge in [-0.1, -0.05) is 13.3 Å². The average molecular weight is 282 g/mol. The second-order valence-electron chi connectivity index (χ2n) is 4.10. The molecule has 1 unspecified atom stereocenters. The fourth-order valence-electron chi connectivity index (χ4n) is 1.53. The first-order valence-corrected chi connectivity index (χ1v) is 7.14. The highest BCUT2D eigenvalue weighted by molar-refractivity contribution is 8.00. The average Bonchev–Trinajstić information content (AvgIpc) is 2.42. The summed E-state index contributed by atoms with van der Waals surface area (Å²) in [4.78, 5) is 27.4. The maximum Gasteiger partial charge on any atom is 0.308 e. The highest BCUT2D eigenvalue weighted by atomic mass is 32.2.